The molecule has 4 amide bonds. The first kappa shape index (κ1) is 21.5. The fourth-order valence-electron chi connectivity index (χ4n) is 2.99. The standard InChI is InChI=1S/C18H13Cl2FN4O5/c1-18(11-4-2-9(19)6-12(11)20)16(27)24(17(28)23-18)8-15(26)22-10-3-5-13(21)14(7-10)25(29)30/h2-7H,8H2,1H3,(H,22,26)(H,23,28). The predicted molar refractivity (Wildman–Crippen MR) is 106 cm³/mol. The lowest BCUT2D eigenvalue weighted by molar-refractivity contribution is -0.387. The van der Waals surface area contributed by atoms with Crippen LogP contribution in [0.15, 0.2) is 36.4 Å². The lowest BCUT2D eigenvalue weighted by Crippen LogP contribution is -2.42. The zero-order valence-corrected chi connectivity index (χ0v) is 16.8. The fourth-order valence-corrected chi connectivity index (χ4v) is 3.59. The number of carbonyl (C=O) groups excluding carboxylic acids is 3. The topological polar surface area (TPSA) is 122 Å². The van der Waals surface area contributed by atoms with Crippen LogP contribution in [0.1, 0.15) is 12.5 Å². The molecule has 1 aliphatic heterocycles. The summed E-state index contributed by atoms with van der Waals surface area (Å²) in [7, 11) is 0. The number of hydrogen-bond acceptors (Lipinski definition) is 5. The number of nitro benzene ring substituents is 1. The SMILES string of the molecule is CC1(c2ccc(Cl)cc2Cl)NC(=O)N(CC(=O)Nc2ccc(F)c([N+](=O)[O-])c2)C1=O. The molecule has 30 heavy (non-hydrogen) atoms. The summed E-state index contributed by atoms with van der Waals surface area (Å²) >= 11 is 12.0. The Bertz CT molecular complexity index is 1100. The van der Waals surface area contributed by atoms with Crippen LogP contribution in [0.3, 0.4) is 0 Å². The highest BCUT2D eigenvalue weighted by molar-refractivity contribution is 6.35. The van der Waals surface area contributed by atoms with Crippen molar-refractivity contribution in [3.8, 4) is 0 Å². The average molecular weight is 455 g/mol. The van der Waals surface area contributed by atoms with E-state index >= 15 is 0 Å². The van der Waals surface area contributed by atoms with Crippen molar-refractivity contribution in [3.63, 3.8) is 0 Å². The Morgan fingerprint density at radius 1 is 1.27 bits per heavy atom. The molecule has 156 valence electrons. The number of benzene rings is 2. The third kappa shape index (κ3) is 3.91. The van der Waals surface area contributed by atoms with E-state index < -0.39 is 46.4 Å². The van der Waals surface area contributed by atoms with E-state index in [-0.39, 0.29) is 10.7 Å². The fraction of sp³-hybridized carbons (Fsp3) is 0.167. The van der Waals surface area contributed by atoms with Crippen LogP contribution < -0.4 is 10.6 Å². The van der Waals surface area contributed by atoms with E-state index in [1.807, 2.05) is 0 Å². The number of nitro groups is 1. The molecule has 0 spiro atoms. The first-order chi connectivity index (χ1) is 14.0. The highest BCUT2D eigenvalue weighted by Crippen LogP contribution is 2.35. The average Bonchev–Trinajstić information content (AvgIpc) is 2.86. The van der Waals surface area contributed by atoms with Crippen LogP contribution in [0, 0.1) is 15.9 Å². The third-order valence-electron chi connectivity index (χ3n) is 4.47. The van der Waals surface area contributed by atoms with Gasteiger partial charge in [0.05, 0.1) is 4.92 Å². The summed E-state index contributed by atoms with van der Waals surface area (Å²) in [5.41, 5.74) is -2.12. The highest BCUT2D eigenvalue weighted by Gasteiger charge is 2.50. The number of nitrogens with zero attached hydrogens (tertiary/aromatic N) is 2. The molecule has 1 atom stereocenters. The van der Waals surface area contributed by atoms with Gasteiger partial charge < -0.3 is 10.6 Å². The predicted octanol–water partition coefficient (Wildman–Crippen LogP) is 3.45. The van der Waals surface area contributed by atoms with Gasteiger partial charge in [-0.15, -0.1) is 0 Å². The van der Waals surface area contributed by atoms with Gasteiger partial charge in [0.2, 0.25) is 11.7 Å². The minimum atomic E-state index is -1.52. The van der Waals surface area contributed by atoms with Gasteiger partial charge >= 0.3 is 11.7 Å². The maximum atomic E-state index is 13.4. The largest absolute Gasteiger partial charge is 0.325 e. The summed E-state index contributed by atoms with van der Waals surface area (Å²) < 4.78 is 13.4. The van der Waals surface area contributed by atoms with E-state index in [1.165, 1.54) is 25.1 Å². The molecule has 0 aliphatic carbocycles. The van der Waals surface area contributed by atoms with Crippen molar-refractivity contribution in [1.29, 1.82) is 0 Å². The molecule has 1 unspecified atom stereocenters. The number of rotatable bonds is 5. The quantitative estimate of drug-likeness (QED) is 0.407. The monoisotopic (exact) mass is 454 g/mol. The van der Waals surface area contributed by atoms with Crippen LogP contribution in [-0.2, 0) is 15.1 Å². The molecule has 0 saturated carbocycles. The summed E-state index contributed by atoms with van der Waals surface area (Å²) in [4.78, 5) is 48.1. The maximum Gasteiger partial charge on any atom is 0.325 e. The normalized spacial score (nSPS) is 18.3. The minimum absolute atomic E-state index is 0.0661. The molecule has 0 bridgehead atoms. The van der Waals surface area contributed by atoms with Crippen LogP contribution in [0.25, 0.3) is 0 Å². The second-order valence-electron chi connectivity index (χ2n) is 6.54. The number of halogens is 3. The Kier molecular flexibility index (Phi) is 5.64. The van der Waals surface area contributed by atoms with E-state index in [2.05, 4.69) is 10.6 Å². The van der Waals surface area contributed by atoms with E-state index in [4.69, 9.17) is 23.2 Å². The summed E-state index contributed by atoms with van der Waals surface area (Å²) in [5.74, 6) is -2.61. The lowest BCUT2D eigenvalue weighted by Gasteiger charge is -2.23. The molecule has 1 fully saturated rings. The molecule has 1 aliphatic rings. The third-order valence-corrected chi connectivity index (χ3v) is 5.02. The second kappa shape index (κ2) is 7.88. The van der Waals surface area contributed by atoms with Gasteiger partial charge in [-0.2, -0.15) is 4.39 Å². The maximum absolute atomic E-state index is 13.4. The number of hydrogen-bond donors (Lipinski definition) is 2. The van der Waals surface area contributed by atoms with Crippen molar-refractivity contribution in [2.45, 2.75) is 12.5 Å². The molecule has 12 heteroatoms. The Morgan fingerprint density at radius 2 is 1.97 bits per heavy atom. The Morgan fingerprint density at radius 3 is 2.60 bits per heavy atom. The van der Waals surface area contributed by atoms with Gasteiger partial charge in [-0.25, -0.2) is 4.79 Å². The molecule has 1 heterocycles. The first-order valence-electron chi connectivity index (χ1n) is 8.36. The van der Waals surface area contributed by atoms with Crippen molar-refractivity contribution >= 4 is 52.4 Å². The second-order valence-corrected chi connectivity index (χ2v) is 7.39. The van der Waals surface area contributed by atoms with Gasteiger partial charge in [-0.1, -0.05) is 29.3 Å². The zero-order valence-electron chi connectivity index (χ0n) is 15.2. The van der Waals surface area contributed by atoms with Crippen molar-refractivity contribution < 1.29 is 23.7 Å². The summed E-state index contributed by atoms with van der Waals surface area (Å²) in [6.45, 7) is 0.764. The number of nitrogens with one attached hydrogen (secondary N) is 2. The Balaban J connectivity index is 1.78. The van der Waals surface area contributed by atoms with E-state index in [0.717, 1.165) is 18.2 Å². The number of urea groups is 1. The lowest BCUT2D eigenvalue weighted by atomic mass is 9.92. The Hall–Kier alpha value is -3.24. The van der Waals surface area contributed by atoms with Crippen molar-refractivity contribution in [2.75, 3.05) is 11.9 Å². The Labute approximate surface area is 178 Å². The summed E-state index contributed by atoms with van der Waals surface area (Å²) in [6, 6.07) is 6.35. The zero-order chi connectivity index (χ0) is 22.2. The molecule has 2 N–H and O–H groups in total. The van der Waals surface area contributed by atoms with E-state index in [0.29, 0.717) is 15.5 Å². The van der Waals surface area contributed by atoms with Crippen LogP contribution >= 0.6 is 23.2 Å². The molecule has 0 aromatic heterocycles. The van der Waals surface area contributed by atoms with Crippen molar-refractivity contribution in [1.82, 2.24) is 10.2 Å². The van der Waals surface area contributed by atoms with Crippen LogP contribution in [-0.4, -0.2) is 34.2 Å². The molecule has 2 aromatic carbocycles. The highest BCUT2D eigenvalue weighted by atomic mass is 35.5. The molecular formula is C18H13Cl2FN4O5. The summed E-state index contributed by atoms with van der Waals surface area (Å²) in [6.07, 6.45) is 0. The summed E-state index contributed by atoms with van der Waals surface area (Å²) in [5, 5.41) is 16.1. The molecule has 9 nitrogen and oxygen atoms in total. The van der Waals surface area contributed by atoms with Crippen LogP contribution in [0.4, 0.5) is 20.6 Å². The van der Waals surface area contributed by atoms with Gasteiger partial charge in [-0.3, -0.25) is 24.6 Å². The number of carbonyl (C=O) groups is 3. The molecule has 3 rings (SSSR count). The van der Waals surface area contributed by atoms with E-state index in [1.54, 1.807) is 0 Å². The van der Waals surface area contributed by atoms with Gasteiger partial charge in [0.1, 0.15) is 12.1 Å². The van der Waals surface area contributed by atoms with Crippen LogP contribution in [0.2, 0.25) is 10.0 Å². The van der Waals surface area contributed by atoms with Crippen LogP contribution in [0.5, 0.6) is 0 Å². The smallest absolute Gasteiger partial charge is 0.324 e. The first-order valence-corrected chi connectivity index (χ1v) is 9.12. The van der Waals surface area contributed by atoms with Gasteiger partial charge in [0.25, 0.3) is 5.91 Å². The van der Waals surface area contributed by atoms with Crippen molar-refractivity contribution in [2.24, 2.45) is 0 Å². The molecular weight excluding hydrogens is 442 g/mol. The molecule has 2 aromatic rings. The molecule has 1 saturated heterocycles. The number of imide groups is 1. The van der Waals surface area contributed by atoms with E-state index in [9.17, 15) is 28.9 Å². The molecule has 0 radical (unpaired) electrons. The minimum Gasteiger partial charge on any atom is -0.324 e. The van der Waals surface area contributed by atoms with Crippen molar-refractivity contribution in [3.05, 3.63) is 67.9 Å². The number of amides is 4. The number of anilines is 1. The van der Waals surface area contributed by atoms with Gasteiger partial charge in [0.15, 0.2) is 0 Å². The van der Waals surface area contributed by atoms with Gasteiger partial charge in [-0.05, 0) is 31.2 Å². The van der Waals surface area contributed by atoms with Gasteiger partial charge in [0, 0.05) is 27.4 Å².